The van der Waals surface area contributed by atoms with Crippen molar-refractivity contribution in [3.05, 3.63) is 65.7 Å². The van der Waals surface area contributed by atoms with Gasteiger partial charge in [0.1, 0.15) is 6.04 Å². The standard InChI is InChI=1S/C26H37N3O4S/c1-5-6-18-27-26(31)22(3)29(20-23-14-11-10-13-21(23)2)25(30)17-12-19-28(4)34(32,33)24-15-8-7-9-16-24/h7-11,13-16,22H,5-6,12,17-20H2,1-4H3,(H,27,31). The van der Waals surface area contributed by atoms with Crippen LogP contribution >= 0.6 is 0 Å². The third kappa shape index (κ3) is 7.67. The Morgan fingerprint density at radius 2 is 1.65 bits per heavy atom. The molecule has 0 aliphatic rings. The number of unbranched alkanes of at least 4 members (excludes halogenated alkanes) is 1. The summed E-state index contributed by atoms with van der Waals surface area (Å²) < 4.78 is 26.7. The Balaban J connectivity index is 2.07. The number of hydrogen-bond acceptors (Lipinski definition) is 4. The van der Waals surface area contributed by atoms with Crippen molar-refractivity contribution in [1.29, 1.82) is 0 Å². The van der Waals surface area contributed by atoms with Gasteiger partial charge in [-0.1, -0.05) is 55.8 Å². The molecule has 2 amide bonds. The number of nitrogens with zero attached hydrogens (tertiary/aromatic N) is 2. The molecule has 1 unspecified atom stereocenters. The molecule has 2 rings (SSSR count). The molecule has 7 nitrogen and oxygen atoms in total. The molecule has 8 heteroatoms. The number of amides is 2. The van der Waals surface area contributed by atoms with Gasteiger partial charge in [-0.15, -0.1) is 0 Å². The lowest BCUT2D eigenvalue weighted by molar-refractivity contribution is -0.140. The molecule has 34 heavy (non-hydrogen) atoms. The molecular formula is C26H37N3O4S. The fraction of sp³-hybridized carbons (Fsp3) is 0.462. The van der Waals surface area contributed by atoms with Crippen molar-refractivity contribution >= 4 is 21.8 Å². The van der Waals surface area contributed by atoms with Gasteiger partial charge < -0.3 is 10.2 Å². The highest BCUT2D eigenvalue weighted by Gasteiger charge is 2.27. The lowest BCUT2D eigenvalue weighted by Crippen LogP contribution is -2.48. The van der Waals surface area contributed by atoms with E-state index in [2.05, 4.69) is 12.2 Å². The molecular weight excluding hydrogens is 450 g/mol. The Morgan fingerprint density at radius 3 is 2.29 bits per heavy atom. The molecule has 0 spiro atoms. The summed E-state index contributed by atoms with van der Waals surface area (Å²) in [6.45, 7) is 6.88. The molecule has 0 aromatic heterocycles. The van der Waals surface area contributed by atoms with E-state index in [1.165, 1.54) is 11.4 Å². The van der Waals surface area contributed by atoms with Gasteiger partial charge in [0.15, 0.2) is 0 Å². The molecule has 0 aliphatic carbocycles. The fourth-order valence-corrected chi connectivity index (χ4v) is 4.81. The normalized spacial score (nSPS) is 12.4. The molecule has 2 aromatic carbocycles. The van der Waals surface area contributed by atoms with E-state index in [0.717, 1.165) is 24.0 Å². The zero-order chi connectivity index (χ0) is 25.1. The summed E-state index contributed by atoms with van der Waals surface area (Å²) in [5.41, 5.74) is 2.03. The highest BCUT2D eigenvalue weighted by Crippen LogP contribution is 2.17. The van der Waals surface area contributed by atoms with Gasteiger partial charge in [0.2, 0.25) is 21.8 Å². The van der Waals surface area contributed by atoms with Crippen molar-refractivity contribution in [2.45, 2.75) is 63.9 Å². The van der Waals surface area contributed by atoms with Crippen molar-refractivity contribution in [1.82, 2.24) is 14.5 Å². The highest BCUT2D eigenvalue weighted by atomic mass is 32.2. The molecule has 0 bridgehead atoms. The Kier molecular flexibility index (Phi) is 10.7. The first kappa shape index (κ1) is 27.5. The van der Waals surface area contributed by atoms with Crippen molar-refractivity contribution < 1.29 is 18.0 Å². The molecule has 2 aromatic rings. The van der Waals surface area contributed by atoms with Crippen LogP contribution in [0.5, 0.6) is 0 Å². The van der Waals surface area contributed by atoms with E-state index < -0.39 is 16.1 Å². The van der Waals surface area contributed by atoms with Crippen molar-refractivity contribution in [2.24, 2.45) is 0 Å². The maximum Gasteiger partial charge on any atom is 0.242 e. The lowest BCUT2D eigenvalue weighted by Gasteiger charge is -2.29. The summed E-state index contributed by atoms with van der Waals surface area (Å²) in [5, 5.41) is 2.91. The van der Waals surface area contributed by atoms with E-state index in [1.54, 1.807) is 42.2 Å². The quantitative estimate of drug-likeness (QED) is 0.436. The van der Waals surface area contributed by atoms with Crippen LogP contribution in [0, 0.1) is 6.92 Å². The maximum atomic E-state index is 13.2. The summed E-state index contributed by atoms with van der Waals surface area (Å²) in [4.78, 5) is 27.7. The zero-order valence-corrected chi connectivity index (χ0v) is 21.5. The summed E-state index contributed by atoms with van der Waals surface area (Å²) in [5.74, 6) is -0.355. The van der Waals surface area contributed by atoms with Crippen molar-refractivity contribution in [3.63, 3.8) is 0 Å². The summed E-state index contributed by atoms with van der Waals surface area (Å²) in [7, 11) is -2.09. The minimum Gasteiger partial charge on any atom is -0.354 e. The predicted molar refractivity (Wildman–Crippen MR) is 135 cm³/mol. The van der Waals surface area contributed by atoms with Crippen LogP contribution in [0.25, 0.3) is 0 Å². The largest absolute Gasteiger partial charge is 0.354 e. The van der Waals surface area contributed by atoms with Gasteiger partial charge in [0.05, 0.1) is 4.90 Å². The van der Waals surface area contributed by atoms with Crippen LogP contribution in [0.4, 0.5) is 0 Å². The molecule has 0 fully saturated rings. The highest BCUT2D eigenvalue weighted by molar-refractivity contribution is 7.89. The van der Waals surface area contributed by atoms with E-state index in [0.29, 0.717) is 19.5 Å². The Bertz CT molecular complexity index is 1040. The molecule has 0 radical (unpaired) electrons. The average Bonchev–Trinajstić information content (AvgIpc) is 2.83. The molecule has 186 valence electrons. The molecule has 1 atom stereocenters. The minimum absolute atomic E-state index is 0.146. The third-order valence-corrected chi connectivity index (χ3v) is 7.78. The van der Waals surface area contributed by atoms with Crippen LogP contribution < -0.4 is 5.32 Å². The van der Waals surface area contributed by atoms with Crippen LogP contribution in [0.15, 0.2) is 59.5 Å². The Labute approximate surface area is 204 Å². The van der Waals surface area contributed by atoms with Gasteiger partial charge in [-0.05, 0) is 49.9 Å². The predicted octanol–water partition coefficient (Wildman–Crippen LogP) is 3.73. The number of carbonyl (C=O) groups excluding carboxylic acids is 2. The first-order valence-electron chi connectivity index (χ1n) is 11.8. The SMILES string of the molecule is CCCCNC(=O)C(C)N(Cc1ccccc1C)C(=O)CCCN(C)S(=O)(=O)c1ccccc1. The van der Waals surface area contributed by atoms with E-state index in [-0.39, 0.29) is 29.7 Å². The fourth-order valence-electron chi connectivity index (χ4n) is 3.58. The van der Waals surface area contributed by atoms with E-state index in [9.17, 15) is 18.0 Å². The van der Waals surface area contributed by atoms with Crippen LogP contribution in [-0.2, 0) is 26.2 Å². The van der Waals surface area contributed by atoms with Crippen LogP contribution in [0.2, 0.25) is 0 Å². The molecule has 1 N–H and O–H groups in total. The average molecular weight is 488 g/mol. The second kappa shape index (κ2) is 13.2. The number of aryl methyl sites for hydroxylation is 1. The van der Waals surface area contributed by atoms with Crippen LogP contribution in [-0.4, -0.2) is 55.6 Å². The first-order chi connectivity index (χ1) is 16.2. The smallest absolute Gasteiger partial charge is 0.242 e. The van der Waals surface area contributed by atoms with Gasteiger partial charge >= 0.3 is 0 Å². The number of carbonyl (C=O) groups is 2. The van der Waals surface area contributed by atoms with Crippen molar-refractivity contribution in [2.75, 3.05) is 20.1 Å². The number of nitrogens with one attached hydrogen (secondary N) is 1. The number of sulfonamides is 1. The van der Waals surface area contributed by atoms with Crippen molar-refractivity contribution in [3.8, 4) is 0 Å². The van der Waals surface area contributed by atoms with Gasteiger partial charge in [-0.3, -0.25) is 9.59 Å². The van der Waals surface area contributed by atoms with Gasteiger partial charge in [-0.25, -0.2) is 12.7 Å². The monoisotopic (exact) mass is 487 g/mol. The molecule has 0 aliphatic heterocycles. The maximum absolute atomic E-state index is 13.2. The third-order valence-electron chi connectivity index (χ3n) is 5.91. The topological polar surface area (TPSA) is 86.8 Å². The second-order valence-electron chi connectivity index (χ2n) is 8.51. The Morgan fingerprint density at radius 1 is 1.00 bits per heavy atom. The molecule has 0 heterocycles. The van der Waals surface area contributed by atoms with Gasteiger partial charge in [0, 0.05) is 33.1 Å². The lowest BCUT2D eigenvalue weighted by atomic mass is 10.1. The minimum atomic E-state index is -3.61. The number of hydrogen-bond donors (Lipinski definition) is 1. The van der Waals surface area contributed by atoms with E-state index in [4.69, 9.17) is 0 Å². The van der Waals surface area contributed by atoms with E-state index in [1.807, 2.05) is 31.2 Å². The summed E-state index contributed by atoms with van der Waals surface area (Å²) >= 11 is 0. The van der Waals surface area contributed by atoms with Crippen LogP contribution in [0.1, 0.15) is 50.7 Å². The Hall–Kier alpha value is -2.71. The molecule has 0 saturated heterocycles. The van der Waals surface area contributed by atoms with E-state index >= 15 is 0 Å². The number of rotatable bonds is 13. The molecule has 0 saturated carbocycles. The van der Waals surface area contributed by atoms with Gasteiger partial charge in [-0.2, -0.15) is 0 Å². The first-order valence-corrected chi connectivity index (χ1v) is 13.3. The second-order valence-corrected chi connectivity index (χ2v) is 10.6. The van der Waals surface area contributed by atoms with Crippen LogP contribution in [0.3, 0.4) is 0 Å². The zero-order valence-electron chi connectivity index (χ0n) is 20.7. The van der Waals surface area contributed by atoms with Gasteiger partial charge in [0.25, 0.3) is 0 Å². The summed E-state index contributed by atoms with van der Waals surface area (Å²) in [6.07, 6.45) is 2.36. The number of benzene rings is 2. The summed E-state index contributed by atoms with van der Waals surface area (Å²) in [6, 6.07) is 15.4.